The number of benzene rings is 1. The molecule has 102 valence electrons. The van der Waals surface area contributed by atoms with Crippen LogP contribution in [0.5, 0.6) is 5.75 Å². The number of hydrogen-bond acceptors (Lipinski definition) is 4. The highest BCUT2D eigenvalue weighted by atomic mass is 16.5. The molecule has 1 aliphatic rings. The fraction of sp³-hybridized carbons (Fsp3) is 0.385. The Hall–Kier alpha value is -2.08. The Morgan fingerprint density at radius 2 is 2.16 bits per heavy atom. The van der Waals surface area contributed by atoms with Crippen molar-refractivity contribution in [1.29, 1.82) is 0 Å². The molecule has 0 bridgehead atoms. The third-order valence-corrected chi connectivity index (χ3v) is 3.38. The van der Waals surface area contributed by atoms with Gasteiger partial charge in [-0.3, -0.25) is 9.69 Å². The average Bonchev–Trinajstić information content (AvgIpc) is 2.65. The van der Waals surface area contributed by atoms with E-state index in [0.29, 0.717) is 17.7 Å². The van der Waals surface area contributed by atoms with Gasteiger partial charge < -0.3 is 15.8 Å². The predicted octanol–water partition coefficient (Wildman–Crippen LogP) is 0.421. The molecular weight excluding hydrogens is 246 g/mol. The first-order valence-corrected chi connectivity index (χ1v) is 6.00. The van der Waals surface area contributed by atoms with Crippen LogP contribution in [0.3, 0.4) is 0 Å². The van der Waals surface area contributed by atoms with E-state index in [1.165, 1.54) is 7.05 Å². The minimum Gasteiger partial charge on any atom is -0.497 e. The minimum atomic E-state index is -1.09. The number of methoxy groups -OCH3 is 1. The number of carbonyl (C=O) groups is 2. The van der Waals surface area contributed by atoms with Gasteiger partial charge in [-0.15, -0.1) is 0 Å². The third-order valence-electron chi connectivity index (χ3n) is 3.38. The van der Waals surface area contributed by atoms with E-state index in [9.17, 15) is 9.59 Å². The molecule has 0 spiro atoms. The lowest BCUT2D eigenvalue weighted by Gasteiger charge is -2.26. The molecule has 1 aromatic rings. The molecule has 6 nitrogen and oxygen atoms in total. The number of nitrogens with zero attached hydrogens (tertiary/aromatic N) is 1. The number of likely N-dealkylation sites (N-methyl/N-ethyl adjacent to an activating group) is 1. The van der Waals surface area contributed by atoms with Crippen molar-refractivity contribution in [2.75, 3.05) is 20.7 Å². The van der Waals surface area contributed by atoms with Crippen LogP contribution in [0.15, 0.2) is 24.3 Å². The number of nitrogens with two attached hydrogens (primary N) is 1. The summed E-state index contributed by atoms with van der Waals surface area (Å²) < 4.78 is 5.16. The normalized spacial score (nSPS) is 22.6. The highest BCUT2D eigenvalue weighted by Gasteiger charge is 2.50. The van der Waals surface area contributed by atoms with E-state index < -0.39 is 11.6 Å². The van der Waals surface area contributed by atoms with Crippen LogP contribution in [0, 0.1) is 0 Å². The predicted molar refractivity (Wildman–Crippen MR) is 69.6 cm³/mol. The van der Waals surface area contributed by atoms with E-state index >= 15 is 0 Å². The number of hydrogen-bond donors (Lipinski definition) is 2. The largest absolute Gasteiger partial charge is 0.497 e. The van der Waals surface area contributed by atoms with E-state index in [1.54, 1.807) is 31.4 Å². The van der Waals surface area contributed by atoms with Gasteiger partial charge in [0.15, 0.2) is 0 Å². The van der Waals surface area contributed by atoms with Crippen molar-refractivity contribution in [1.82, 2.24) is 10.2 Å². The van der Waals surface area contributed by atoms with Gasteiger partial charge in [0.1, 0.15) is 11.3 Å². The van der Waals surface area contributed by atoms with Crippen LogP contribution in [0.4, 0.5) is 4.79 Å². The summed E-state index contributed by atoms with van der Waals surface area (Å²) >= 11 is 0. The van der Waals surface area contributed by atoms with Crippen LogP contribution in [0.2, 0.25) is 0 Å². The van der Waals surface area contributed by atoms with Gasteiger partial charge in [0.25, 0.3) is 5.91 Å². The monoisotopic (exact) mass is 263 g/mol. The summed E-state index contributed by atoms with van der Waals surface area (Å²) in [4.78, 5) is 25.2. The first-order valence-electron chi connectivity index (χ1n) is 6.00. The molecule has 1 unspecified atom stereocenters. The molecule has 0 saturated carbocycles. The Morgan fingerprint density at radius 3 is 2.68 bits per heavy atom. The molecule has 0 aromatic heterocycles. The highest BCUT2D eigenvalue weighted by molar-refractivity contribution is 6.07. The summed E-state index contributed by atoms with van der Waals surface area (Å²) in [5.74, 6) is 0.335. The topological polar surface area (TPSA) is 84.7 Å². The molecule has 1 aromatic carbocycles. The fourth-order valence-electron chi connectivity index (χ4n) is 2.31. The zero-order valence-corrected chi connectivity index (χ0v) is 11.0. The van der Waals surface area contributed by atoms with Crippen molar-refractivity contribution in [3.63, 3.8) is 0 Å². The molecule has 0 radical (unpaired) electrons. The quantitative estimate of drug-likeness (QED) is 0.771. The SMILES string of the molecule is COc1cccc(C2(CCN)NC(=O)N(C)C2=O)c1. The van der Waals surface area contributed by atoms with Crippen LogP contribution >= 0.6 is 0 Å². The molecule has 1 aliphatic heterocycles. The molecule has 1 fully saturated rings. The van der Waals surface area contributed by atoms with Crippen molar-refractivity contribution < 1.29 is 14.3 Å². The average molecular weight is 263 g/mol. The van der Waals surface area contributed by atoms with Gasteiger partial charge in [-0.05, 0) is 30.7 Å². The second-order valence-electron chi connectivity index (χ2n) is 4.47. The third kappa shape index (κ3) is 2.04. The zero-order chi connectivity index (χ0) is 14.0. The molecule has 2 rings (SSSR count). The Bertz CT molecular complexity index is 518. The maximum Gasteiger partial charge on any atom is 0.325 e. The van der Waals surface area contributed by atoms with Gasteiger partial charge in [0.2, 0.25) is 0 Å². The van der Waals surface area contributed by atoms with Crippen molar-refractivity contribution >= 4 is 11.9 Å². The summed E-state index contributed by atoms with van der Waals surface area (Å²) in [7, 11) is 3.01. The number of carbonyl (C=O) groups excluding carboxylic acids is 2. The summed E-state index contributed by atoms with van der Waals surface area (Å²) in [6.45, 7) is 0.289. The number of amides is 3. The molecule has 1 atom stereocenters. The lowest BCUT2D eigenvalue weighted by molar-refractivity contribution is -0.130. The Labute approximate surface area is 111 Å². The summed E-state index contributed by atoms with van der Waals surface area (Å²) in [5.41, 5.74) is 5.19. The van der Waals surface area contributed by atoms with E-state index in [4.69, 9.17) is 10.5 Å². The number of ether oxygens (including phenoxy) is 1. The van der Waals surface area contributed by atoms with Gasteiger partial charge >= 0.3 is 6.03 Å². The maximum absolute atomic E-state index is 12.4. The van der Waals surface area contributed by atoms with Gasteiger partial charge in [-0.25, -0.2) is 4.79 Å². The van der Waals surface area contributed by atoms with Crippen LogP contribution in [0.25, 0.3) is 0 Å². The first-order chi connectivity index (χ1) is 9.05. The van der Waals surface area contributed by atoms with Gasteiger partial charge in [-0.1, -0.05) is 12.1 Å². The molecule has 19 heavy (non-hydrogen) atoms. The van der Waals surface area contributed by atoms with Crippen molar-refractivity contribution in [2.24, 2.45) is 5.73 Å². The zero-order valence-electron chi connectivity index (χ0n) is 11.0. The van der Waals surface area contributed by atoms with Crippen LogP contribution in [-0.2, 0) is 10.3 Å². The smallest absolute Gasteiger partial charge is 0.325 e. The molecule has 1 heterocycles. The Morgan fingerprint density at radius 1 is 1.42 bits per heavy atom. The highest BCUT2D eigenvalue weighted by Crippen LogP contribution is 2.33. The molecule has 0 aliphatic carbocycles. The standard InChI is InChI=1S/C13H17N3O3/c1-16-11(17)13(6-7-14,15-12(16)18)9-4-3-5-10(8-9)19-2/h3-5,8H,6-7,14H2,1-2H3,(H,15,18). The minimum absolute atomic E-state index is 0.289. The second-order valence-corrected chi connectivity index (χ2v) is 4.47. The van der Waals surface area contributed by atoms with E-state index in [2.05, 4.69) is 5.32 Å². The molecule has 1 saturated heterocycles. The van der Waals surface area contributed by atoms with Gasteiger partial charge in [-0.2, -0.15) is 0 Å². The van der Waals surface area contributed by atoms with Crippen LogP contribution in [-0.4, -0.2) is 37.5 Å². The van der Waals surface area contributed by atoms with E-state index in [0.717, 1.165) is 4.90 Å². The first kappa shape index (κ1) is 13.4. The summed E-state index contributed by atoms with van der Waals surface area (Å²) in [6, 6.07) is 6.68. The van der Waals surface area contributed by atoms with Gasteiger partial charge in [0, 0.05) is 7.05 Å². The number of urea groups is 1. The number of rotatable bonds is 4. The summed E-state index contributed by atoms with van der Waals surface area (Å²) in [6.07, 6.45) is 0.342. The number of nitrogens with one attached hydrogen (secondary N) is 1. The lowest BCUT2D eigenvalue weighted by atomic mass is 9.86. The Kier molecular flexibility index (Phi) is 3.44. The molecule has 3 amide bonds. The molecule has 3 N–H and O–H groups in total. The number of imide groups is 1. The summed E-state index contributed by atoms with van der Waals surface area (Å²) in [5, 5.41) is 2.74. The van der Waals surface area contributed by atoms with Crippen molar-refractivity contribution in [2.45, 2.75) is 12.0 Å². The molecule has 6 heteroatoms. The van der Waals surface area contributed by atoms with Crippen molar-refractivity contribution in [3.8, 4) is 5.75 Å². The Balaban J connectivity index is 2.50. The second kappa shape index (κ2) is 4.89. The van der Waals surface area contributed by atoms with Crippen LogP contribution in [0.1, 0.15) is 12.0 Å². The van der Waals surface area contributed by atoms with Crippen molar-refractivity contribution in [3.05, 3.63) is 29.8 Å². The maximum atomic E-state index is 12.4. The van der Waals surface area contributed by atoms with Crippen LogP contribution < -0.4 is 15.8 Å². The lowest BCUT2D eigenvalue weighted by Crippen LogP contribution is -2.45. The van der Waals surface area contributed by atoms with Gasteiger partial charge in [0.05, 0.1) is 7.11 Å². The molecular formula is C13H17N3O3. The van der Waals surface area contributed by atoms with E-state index in [1.807, 2.05) is 0 Å². The van der Waals surface area contributed by atoms with E-state index in [-0.39, 0.29) is 12.5 Å². The fourth-order valence-corrected chi connectivity index (χ4v) is 2.31.